The number of para-hydroxylation sites is 2. The lowest BCUT2D eigenvalue weighted by atomic mass is 9.93. The number of anilines is 1. The van der Waals surface area contributed by atoms with Crippen molar-refractivity contribution in [1.29, 1.82) is 0 Å². The normalized spacial score (nSPS) is 17.0. The van der Waals surface area contributed by atoms with E-state index in [1.165, 1.54) is 13.8 Å². The lowest BCUT2D eigenvalue weighted by Gasteiger charge is -2.41. The van der Waals surface area contributed by atoms with Crippen molar-refractivity contribution in [3.63, 3.8) is 0 Å². The molecule has 0 spiro atoms. The molecule has 2 aliphatic rings. The van der Waals surface area contributed by atoms with E-state index in [1.807, 2.05) is 25.2 Å². The first-order valence-electron chi connectivity index (χ1n) is 13.7. The Balaban J connectivity index is 1.42. The maximum atomic E-state index is 12.4. The van der Waals surface area contributed by atoms with Crippen LogP contribution in [0.2, 0.25) is 0 Å². The van der Waals surface area contributed by atoms with Crippen LogP contribution in [0.15, 0.2) is 24.3 Å². The molecular formula is C28H36N8O3. The largest absolute Gasteiger partial charge is 0.381 e. The molecule has 39 heavy (non-hydrogen) atoms. The predicted octanol–water partition coefficient (Wildman–Crippen LogP) is 2.43. The second kappa shape index (κ2) is 9.56. The molecule has 4 aromatic rings. The van der Waals surface area contributed by atoms with Gasteiger partial charge in [-0.25, -0.2) is 9.97 Å². The van der Waals surface area contributed by atoms with Crippen LogP contribution in [0.5, 0.6) is 0 Å². The topological polar surface area (TPSA) is 114 Å². The Morgan fingerprint density at radius 2 is 1.82 bits per heavy atom. The fourth-order valence-corrected chi connectivity index (χ4v) is 5.51. The Hall–Kier alpha value is -3.57. The number of amides is 1. The van der Waals surface area contributed by atoms with Gasteiger partial charge in [-0.3, -0.25) is 9.36 Å². The molecule has 1 aromatic carbocycles. The third-order valence-electron chi connectivity index (χ3n) is 7.63. The van der Waals surface area contributed by atoms with Crippen LogP contribution in [0.3, 0.4) is 0 Å². The number of fused-ring (bicyclic) bond motifs is 2. The lowest BCUT2D eigenvalue weighted by molar-refractivity contribution is -0.154. The second-order valence-corrected chi connectivity index (χ2v) is 11.5. The summed E-state index contributed by atoms with van der Waals surface area (Å²) in [7, 11) is 2.00. The molecule has 206 valence electrons. The standard InChI is InChI=1S/C28H36N8O3/c1-17(2)23-29-19-8-6-7-9-20(19)36(23)27-31-24-22(25(32-27)34-10-12-39-13-11-34)30-21(33(24)5)14-18-15-35(16-18)26(37)28(3,4)38/h6-9,17-18,38H,10-16H2,1-5H3. The minimum Gasteiger partial charge on any atom is -0.381 e. The molecule has 0 aliphatic carbocycles. The van der Waals surface area contributed by atoms with Gasteiger partial charge < -0.3 is 24.2 Å². The SMILES string of the molecule is CC(C)c1nc2ccccc2n1-c1nc(N2CCOCC2)c2nc(CC3CN(C(=O)C(C)(C)O)C3)n(C)c2n1. The summed E-state index contributed by atoms with van der Waals surface area (Å²) in [6.45, 7) is 11.3. The van der Waals surface area contributed by atoms with Gasteiger partial charge in [-0.15, -0.1) is 0 Å². The maximum absolute atomic E-state index is 12.4. The Morgan fingerprint density at radius 1 is 1.10 bits per heavy atom. The number of morpholine rings is 1. The van der Waals surface area contributed by atoms with Crippen molar-refractivity contribution in [3.8, 4) is 5.95 Å². The van der Waals surface area contributed by atoms with Gasteiger partial charge in [0.25, 0.3) is 5.91 Å². The number of aryl methyl sites for hydroxylation is 1. The average Bonchev–Trinajstić information content (AvgIpc) is 3.43. The minimum atomic E-state index is -1.35. The fraction of sp³-hybridized carbons (Fsp3) is 0.536. The van der Waals surface area contributed by atoms with Crippen LogP contribution >= 0.6 is 0 Å². The van der Waals surface area contributed by atoms with Crippen LogP contribution in [0.4, 0.5) is 5.82 Å². The molecule has 2 saturated heterocycles. The summed E-state index contributed by atoms with van der Waals surface area (Å²) in [6.07, 6.45) is 0.714. The molecule has 1 N–H and O–H groups in total. The molecule has 0 unspecified atom stereocenters. The van der Waals surface area contributed by atoms with Gasteiger partial charge in [0.15, 0.2) is 17.0 Å². The second-order valence-electron chi connectivity index (χ2n) is 11.5. The number of hydrogen-bond acceptors (Lipinski definition) is 8. The molecule has 0 atom stereocenters. The summed E-state index contributed by atoms with van der Waals surface area (Å²) in [5.74, 6) is 3.43. The number of rotatable bonds is 6. The van der Waals surface area contributed by atoms with Gasteiger partial charge in [0.05, 0.1) is 24.2 Å². The monoisotopic (exact) mass is 532 g/mol. The van der Waals surface area contributed by atoms with Crippen LogP contribution in [-0.2, 0) is 23.0 Å². The molecule has 0 radical (unpaired) electrons. The molecule has 5 heterocycles. The van der Waals surface area contributed by atoms with E-state index in [0.717, 1.165) is 52.8 Å². The molecule has 2 aliphatic heterocycles. The molecule has 11 heteroatoms. The summed E-state index contributed by atoms with van der Waals surface area (Å²) < 4.78 is 9.75. The molecule has 2 fully saturated rings. The average molecular weight is 533 g/mol. The van der Waals surface area contributed by atoms with Crippen molar-refractivity contribution in [2.24, 2.45) is 13.0 Å². The number of hydrogen-bond donors (Lipinski definition) is 1. The van der Waals surface area contributed by atoms with Crippen LogP contribution in [0, 0.1) is 5.92 Å². The van der Waals surface area contributed by atoms with Crippen molar-refractivity contribution in [1.82, 2.24) is 34.0 Å². The smallest absolute Gasteiger partial charge is 0.253 e. The van der Waals surface area contributed by atoms with E-state index in [2.05, 4.69) is 33.9 Å². The van der Waals surface area contributed by atoms with E-state index in [1.54, 1.807) is 4.90 Å². The predicted molar refractivity (Wildman–Crippen MR) is 148 cm³/mol. The van der Waals surface area contributed by atoms with E-state index < -0.39 is 5.60 Å². The van der Waals surface area contributed by atoms with Crippen molar-refractivity contribution in [3.05, 3.63) is 35.9 Å². The minimum absolute atomic E-state index is 0.179. The summed E-state index contributed by atoms with van der Waals surface area (Å²) in [6, 6.07) is 8.09. The van der Waals surface area contributed by atoms with E-state index in [-0.39, 0.29) is 17.7 Å². The van der Waals surface area contributed by atoms with Crippen LogP contribution in [0.25, 0.3) is 28.1 Å². The summed E-state index contributed by atoms with van der Waals surface area (Å²) in [5.41, 5.74) is 2.08. The van der Waals surface area contributed by atoms with Crippen LogP contribution in [0.1, 0.15) is 45.3 Å². The van der Waals surface area contributed by atoms with Crippen molar-refractivity contribution in [2.75, 3.05) is 44.3 Å². The van der Waals surface area contributed by atoms with Crippen LogP contribution < -0.4 is 4.90 Å². The molecule has 11 nitrogen and oxygen atoms in total. The zero-order valence-corrected chi connectivity index (χ0v) is 23.3. The number of likely N-dealkylation sites (tertiary alicyclic amines) is 1. The number of carbonyl (C=O) groups excluding carboxylic acids is 1. The number of nitrogens with zero attached hydrogens (tertiary/aromatic N) is 8. The molecular weight excluding hydrogens is 496 g/mol. The molecule has 6 rings (SSSR count). The third-order valence-corrected chi connectivity index (χ3v) is 7.63. The van der Waals surface area contributed by atoms with E-state index in [0.29, 0.717) is 38.7 Å². The highest BCUT2D eigenvalue weighted by atomic mass is 16.5. The van der Waals surface area contributed by atoms with Gasteiger partial charge in [-0.05, 0) is 26.0 Å². The van der Waals surface area contributed by atoms with Gasteiger partial charge in [-0.2, -0.15) is 9.97 Å². The van der Waals surface area contributed by atoms with Gasteiger partial charge in [0, 0.05) is 51.5 Å². The molecule has 3 aromatic heterocycles. The number of benzene rings is 1. The Morgan fingerprint density at radius 3 is 2.51 bits per heavy atom. The number of carbonyl (C=O) groups is 1. The highest BCUT2D eigenvalue weighted by Gasteiger charge is 2.38. The van der Waals surface area contributed by atoms with E-state index in [4.69, 9.17) is 24.7 Å². The highest BCUT2D eigenvalue weighted by molar-refractivity contribution is 5.86. The van der Waals surface area contributed by atoms with E-state index in [9.17, 15) is 9.90 Å². The van der Waals surface area contributed by atoms with Gasteiger partial charge in [-0.1, -0.05) is 26.0 Å². The number of imidazole rings is 2. The molecule has 0 saturated carbocycles. The number of aliphatic hydroxyl groups is 1. The lowest BCUT2D eigenvalue weighted by Crippen LogP contribution is -2.56. The highest BCUT2D eigenvalue weighted by Crippen LogP contribution is 2.31. The van der Waals surface area contributed by atoms with Crippen LogP contribution in [-0.4, -0.2) is 90.0 Å². The maximum Gasteiger partial charge on any atom is 0.253 e. The summed E-state index contributed by atoms with van der Waals surface area (Å²) in [4.78, 5) is 36.5. The first-order valence-corrected chi connectivity index (χ1v) is 13.7. The molecule has 1 amide bonds. The third kappa shape index (κ3) is 4.53. The summed E-state index contributed by atoms with van der Waals surface area (Å²) >= 11 is 0. The Kier molecular flexibility index (Phi) is 6.30. The van der Waals surface area contributed by atoms with E-state index >= 15 is 0 Å². The van der Waals surface area contributed by atoms with Crippen molar-refractivity contribution in [2.45, 2.75) is 45.6 Å². The molecule has 0 bridgehead atoms. The van der Waals surface area contributed by atoms with Crippen molar-refractivity contribution >= 4 is 33.9 Å². The van der Waals surface area contributed by atoms with Gasteiger partial charge in [0.2, 0.25) is 5.95 Å². The number of ether oxygens (including phenoxy) is 1. The fourth-order valence-electron chi connectivity index (χ4n) is 5.51. The Bertz CT molecular complexity index is 1540. The zero-order chi connectivity index (χ0) is 27.5. The first kappa shape index (κ1) is 25.7. The first-order chi connectivity index (χ1) is 18.6. The summed E-state index contributed by atoms with van der Waals surface area (Å²) in [5, 5.41) is 10.1. The quantitative estimate of drug-likeness (QED) is 0.403. The Labute approximate surface area is 227 Å². The van der Waals surface area contributed by atoms with Gasteiger partial charge in [0.1, 0.15) is 17.2 Å². The number of aromatic nitrogens is 6. The van der Waals surface area contributed by atoms with Crippen molar-refractivity contribution < 1.29 is 14.6 Å². The van der Waals surface area contributed by atoms with Gasteiger partial charge >= 0.3 is 0 Å². The zero-order valence-electron chi connectivity index (χ0n) is 23.3.